The van der Waals surface area contributed by atoms with E-state index in [1.54, 1.807) is 24.3 Å². The first-order valence-corrected chi connectivity index (χ1v) is 7.63. The van der Waals surface area contributed by atoms with Gasteiger partial charge in [0.25, 0.3) is 0 Å². The number of likely N-dealkylation sites (tertiary alicyclic amines) is 1. The van der Waals surface area contributed by atoms with E-state index in [0.29, 0.717) is 17.8 Å². The van der Waals surface area contributed by atoms with Gasteiger partial charge >= 0.3 is 0 Å². The minimum absolute atomic E-state index is 0.0905. The van der Waals surface area contributed by atoms with E-state index in [0.717, 1.165) is 30.8 Å². The van der Waals surface area contributed by atoms with Crippen LogP contribution in [-0.2, 0) is 4.79 Å². The average molecular weight is 310 g/mol. The molecular formula is C17H18N4O2. The highest BCUT2D eigenvalue weighted by molar-refractivity contribution is 5.92. The van der Waals surface area contributed by atoms with Crippen LogP contribution in [0.4, 0.5) is 5.69 Å². The van der Waals surface area contributed by atoms with Crippen molar-refractivity contribution in [3.8, 4) is 6.07 Å². The number of nitriles is 1. The lowest BCUT2D eigenvalue weighted by molar-refractivity contribution is -0.117. The third kappa shape index (κ3) is 3.58. The van der Waals surface area contributed by atoms with Crippen LogP contribution < -0.4 is 5.32 Å². The van der Waals surface area contributed by atoms with Crippen molar-refractivity contribution in [1.82, 2.24) is 10.1 Å². The van der Waals surface area contributed by atoms with Crippen LogP contribution in [0.25, 0.3) is 0 Å². The average Bonchev–Trinajstić information content (AvgIpc) is 3.16. The molecule has 0 aliphatic carbocycles. The smallest absolute Gasteiger partial charge is 0.238 e. The number of nitrogens with zero attached hydrogens (tertiary/aromatic N) is 3. The quantitative estimate of drug-likeness (QED) is 0.938. The number of carbonyl (C=O) groups excluding carboxylic acids is 1. The number of rotatable bonds is 4. The zero-order chi connectivity index (χ0) is 16.2. The Kier molecular flexibility index (Phi) is 4.40. The van der Waals surface area contributed by atoms with Gasteiger partial charge in [0, 0.05) is 11.8 Å². The van der Waals surface area contributed by atoms with Crippen LogP contribution >= 0.6 is 0 Å². The number of hydrogen-bond acceptors (Lipinski definition) is 5. The van der Waals surface area contributed by atoms with Crippen molar-refractivity contribution in [2.24, 2.45) is 0 Å². The third-order valence-electron chi connectivity index (χ3n) is 3.97. The number of amides is 1. The van der Waals surface area contributed by atoms with Crippen molar-refractivity contribution in [3.05, 3.63) is 47.3 Å². The van der Waals surface area contributed by atoms with Gasteiger partial charge in [-0.2, -0.15) is 5.26 Å². The highest BCUT2D eigenvalue weighted by Gasteiger charge is 2.29. The number of carbonyl (C=O) groups is 1. The summed E-state index contributed by atoms with van der Waals surface area (Å²) in [6.45, 7) is 3.03. The van der Waals surface area contributed by atoms with Gasteiger partial charge in [0.05, 0.1) is 24.2 Å². The Bertz CT molecular complexity index is 747. The summed E-state index contributed by atoms with van der Waals surface area (Å²) >= 11 is 0. The monoisotopic (exact) mass is 310 g/mol. The standard InChI is InChI=1S/C17H18N4O2/c1-12-8-15(20-23-12)16-6-3-7-21(16)11-17(22)19-14-5-2-4-13(9-14)10-18/h2,4-5,8-9,16H,3,6-7,11H2,1H3,(H,19,22)/t16-/m1/s1. The molecule has 0 spiro atoms. The van der Waals surface area contributed by atoms with Crippen LogP contribution in [0.5, 0.6) is 0 Å². The maximum Gasteiger partial charge on any atom is 0.238 e. The van der Waals surface area contributed by atoms with Crippen LogP contribution in [0.1, 0.15) is 35.9 Å². The van der Waals surface area contributed by atoms with Gasteiger partial charge in [0.2, 0.25) is 5.91 Å². The summed E-state index contributed by atoms with van der Waals surface area (Å²) in [6.07, 6.45) is 2.01. The summed E-state index contributed by atoms with van der Waals surface area (Å²) in [6, 6.07) is 11.0. The number of hydrogen-bond donors (Lipinski definition) is 1. The maximum absolute atomic E-state index is 12.3. The van der Waals surface area contributed by atoms with E-state index < -0.39 is 0 Å². The van der Waals surface area contributed by atoms with E-state index in [4.69, 9.17) is 9.78 Å². The summed E-state index contributed by atoms with van der Waals surface area (Å²) in [4.78, 5) is 14.4. The first-order chi connectivity index (χ1) is 11.2. The predicted octanol–water partition coefficient (Wildman–Crippen LogP) is 2.63. The first kappa shape index (κ1) is 15.3. The molecule has 2 aromatic rings. The fraction of sp³-hybridized carbons (Fsp3) is 0.353. The molecule has 1 aromatic carbocycles. The molecule has 0 bridgehead atoms. The van der Waals surface area contributed by atoms with E-state index in [-0.39, 0.29) is 11.9 Å². The Morgan fingerprint density at radius 2 is 2.39 bits per heavy atom. The van der Waals surface area contributed by atoms with Crippen molar-refractivity contribution in [2.75, 3.05) is 18.4 Å². The molecule has 6 nitrogen and oxygen atoms in total. The van der Waals surface area contributed by atoms with Gasteiger partial charge in [0.1, 0.15) is 11.5 Å². The van der Waals surface area contributed by atoms with Crippen molar-refractivity contribution in [2.45, 2.75) is 25.8 Å². The fourth-order valence-electron chi connectivity index (χ4n) is 2.94. The van der Waals surface area contributed by atoms with Crippen molar-refractivity contribution >= 4 is 11.6 Å². The zero-order valence-corrected chi connectivity index (χ0v) is 13.0. The van der Waals surface area contributed by atoms with Crippen molar-refractivity contribution in [1.29, 1.82) is 5.26 Å². The van der Waals surface area contributed by atoms with Crippen LogP contribution in [0.2, 0.25) is 0 Å². The zero-order valence-electron chi connectivity index (χ0n) is 13.0. The Hall–Kier alpha value is -2.65. The lowest BCUT2D eigenvalue weighted by Crippen LogP contribution is -2.33. The third-order valence-corrected chi connectivity index (χ3v) is 3.97. The second kappa shape index (κ2) is 6.63. The number of aryl methyl sites for hydroxylation is 1. The molecule has 1 aromatic heterocycles. The van der Waals surface area contributed by atoms with Gasteiger partial charge in [-0.1, -0.05) is 11.2 Å². The Balaban J connectivity index is 1.64. The van der Waals surface area contributed by atoms with Crippen LogP contribution in [-0.4, -0.2) is 29.1 Å². The van der Waals surface area contributed by atoms with E-state index in [1.165, 1.54) is 0 Å². The van der Waals surface area contributed by atoms with Gasteiger partial charge in [-0.05, 0) is 44.5 Å². The van der Waals surface area contributed by atoms with E-state index in [2.05, 4.69) is 21.4 Å². The number of nitrogens with one attached hydrogen (secondary N) is 1. The summed E-state index contributed by atoms with van der Waals surface area (Å²) in [5, 5.41) is 15.8. The number of benzene rings is 1. The normalized spacial score (nSPS) is 17.8. The molecule has 0 unspecified atom stereocenters. The lowest BCUT2D eigenvalue weighted by atomic mass is 10.1. The molecule has 1 aliphatic rings. The predicted molar refractivity (Wildman–Crippen MR) is 84.6 cm³/mol. The molecule has 23 heavy (non-hydrogen) atoms. The van der Waals surface area contributed by atoms with Crippen LogP contribution in [0.3, 0.4) is 0 Å². The molecule has 1 atom stereocenters. The second-order valence-corrected chi connectivity index (χ2v) is 5.73. The van der Waals surface area contributed by atoms with Gasteiger partial charge in [-0.15, -0.1) is 0 Å². The highest BCUT2D eigenvalue weighted by atomic mass is 16.5. The largest absolute Gasteiger partial charge is 0.361 e. The molecule has 6 heteroatoms. The fourth-order valence-corrected chi connectivity index (χ4v) is 2.94. The van der Waals surface area contributed by atoms with Gasteiger partial charge in [0.15, 0.2) is 0 Å². The lowest BCUT2D eigenvalue weighted by Gasteiger charge is -2.21. The minimum atomic E-state index is -0.0905. The summed E-state index contributed by atoms with van der Waals surface area (Å²) in [5.41, 5.74) is 2.06. The van der Waals surface area contributed by atoms with Crippen LogP contribution in [0, 0.1) is 18.3 Å². The molecule has 1 fully saturated rings. The molecule has 1 aliphatic heterocycles. The van der Waals surface area contributed by atoms with E-state index in [1.807, 2.05) is 13.0 Å². The maximum atomic E-state index is 12.3. The molecule has 2 heterocycles. The second-order valence-electron chi connectivity index (χ2n) is 5.73. The molecule has 1 saturated heterocycles. The number of aromatic nitrogens is 1. The minimum Gasteiger partial charge on any atom is -0.361 e. The summed E-state index contributed by atoms with van der Waals surface area (Å²) < 4.78 is 5.14. The van der Waals surface area contributed by atoms with Crippen LogP contribution in [0.15, 0.2) is 34.9 Å². The van der Waals surface area contributed by atoms with Crippen molar-refractivity contribution < 1.29 is 9.32 Å². The summed E-state index contributed by atoms with van der Waals surface area (Å²) in [7, 11) is 0. The molecule has 3 rings (SSSR count). The topological polar surface area (TPSA) is 82.2 Å². The molecule has 1 N–H and O–H groups in total. The van der Waals surface area contributed by atoms with Gasteiger partial charge < -0.3 is 9.84 Å². The molecule has 1 amide bonds. The molecular weight excluding hydrogens is 292 g/mol. The Morgan fingerprint density at radius 1 is 1.52 bits per heavy atom. The highest BCUT2D eigenvalue weighted by Crippen LogP contribution is 2.31. The Morgan fingerprint density at radius 3 is 3.13 bits per heavy atom. The first-order valence-electron chi connectivity index (χ1n) is 7.63. The number of anilines is 1. The molecule has 118 valence electrons. The van der Waals surface area contributed by atoms with Gasteiger partial charge in [-0.3, -0.25) is 9.69 Å². The molecule has 0 saturated carbocycles. The van der Waals surface area contributed by atoms with E-state index >= 15 is 0 Å². The SMILES string of the molecule is Cc1cc([C@H]2CCCN2CC(=O)Nc2cccc(C#N)c2)no1. The Labute approximate surface area is 134 Å². The van der Waals surface area contributed by atoms with Crippen molar-refractivity contribution in [3.63, 3.8) is 0 Å². The molecule has 0 radical (unpaired) electrons. The van der Waals surface area contributed by atoms with Gasteiger partial charge in [-0.25, -0.2) is 0 Å². The van der Waals surface area contributed by atoms with E-state index in [9.17, 15) is 4.79 Å². The summed E-state index contributed by atoms with van der Waals surface area (Å²) in [5.74, 6) is 0.692.